The first-order valence-electron chi connectivity index (χ1n) is 6.97. The minimum atomic E-state index is -0.500. The summed E-state index contributed by atoms with van der Waals surface area (Å²) in [6.45, 7) is 4.32. The molecule has 0 fully saturated rings. The summed E-state index contributed by atoms with van der Waals surface area (Å²) in [6, 6.07) is 11.9. The Hall–Kier alpha value is -2.27. The molecule has 0 N–H and O–H groups in total. The lowest BCUT2D eigenvalue weighted by molar-refractivity contribution is -0.384. The molecular weight excluding hydrogens is 302 g/mol. The number of rotatable bonds is 5. The van der Waals surface area contributed by atoms with E-state index in [0.717, 1.165) is 6.42 Å². The van der Waals surface area contributed by atoms with Crippen LogP contribution in [-0.4, -0.2) is 4.92 Å². The van der Waals surface area contributed by atoms with Gasteiger partial charge in [-0.15, -0.1) is 5.11 Å². The second-order valence-electron chi connectivity index (χ2n) is 4.99. The van der Waals surface area contributed by atoms with Crippen LogP contribution in [0.25, 0.3) is 0 Å². The van der Waals surface area contributed by atoms with Gasteiger partial charge in [-0.3, -0.25) is 10.1 Å². The molecule has 0 heterocycles. The summed E-state index contributed by atoms with van der Waals surface area (Å²) in [4.78, 5) is 10.1. The Morgan fingerprint density at radius 1 is 1.18 bits per heavy atom. The highest BCUT2D eigenvalue weighted by Crippen LogP contribution is 2.30. The molecule has 0 aliphatic heterocycles. The third-order valence-corrected chi connectivity index (χ3v) is 3.79. The Kier molecular flexibility index (Phi) is 5.22. The van der Waals surface area contributed by atoms with Crippen LogP contribution in [0.2, 0.25) is 5.02 Å². The van der Waals surface area contributed by atoms with Crippen LogP contribution >= 0.6 is 11.6 Å². The van der Waals surface area contributed by atoms with Crippen LogP contribution < -0.4 is 0 Å². The van der Waals surface area contributed by atoms with E-state index in [0.29, 0.717) is 17.3 Å². The van der Waals surface area contributed by atoms with Gasteiger partial charge in [0.15, 0.2) is 0 Å². The zero-order valence-electron chi connectivity index (χ0n) is 12.4. The number of nitrogens with zero attached hydrogens (tertiary/aromatic N) is 3. The Morgan fingerprint density at radius 3 is 2.41 bits per heavy atom. The smallest absolute Gasteiger partial charge is 0.258 e. The lowest BCUT2D eigenvalue weighted by atomic mass is 9.99. The maximum absolute atomic E-state index is 10.6. The van der Waals surface area contributed by atoms with Crippen molar-refractivity contribution in [3.05, 3.63) is 63.2 Å². The molecule has 0 radical (unpaired) electrons. The van der Waals surface area contributed by atoms with Crippen molar-refractivity contribution in [2.45, 2.75) is 26.2 Å². The monoisotopic (exact) mass is 317 g/mol. The Labute approximate surface area is 133 Å². The predicted molar refractivity (Wildman–Crippen MR) is 87.4 cm³/mol. The molecular formula is C16H16ClN3O2. The summed E-state index contributed by atoms with van der Waals surface area (Å²) in [5.41, 5.74) is 2.30. The fourth-order valence-electron chi connectivity index (χ4n) is 1.91. The Morgan fingerprint density at radius 2 is 1.86 bits per heavy atom. The van der Waals surface area contributed by atoms with E-state index >= 15 is 0 Å². The van der Waals surface area contributed by atoms with Crippen molar-refractivity contribution in [1.82, 2.24) is 0 Å². The molecule has 22 heavy (non-hydrogen) atoms. The van der Waals surface area contributed by atoms with Gasteiger partial charge in [-0.05, 0) is 36.1 Å². The zero-order valence-corrected chi connectivity index (χ0v) is 13.1. The molecule has 0 spiro atoms. The summed E-state index contributed by atoms with van der Waals surface area (Å²) < 4.78 is 0. The highest BCUT2D eigenvalue weighted by molar-refractivity contribution is 6.33. The average Bonchev–Trinajstić information content (AvgIpc) is 2.53. The van der Waals surface area contributed by atoms with Crippen molar-refractivity contribution in [3.8, 4) is 0 Å². The quantitative estimate of drug-likeness (QED) is 0.375. The van der Waals surface area contributed by atoms with Crippen molar-refractivity contribution in [2.75, 3.05) is 0 Å². The molecule has 0 saturated carbocycles. The fourth-order valence-corrected chi connectivity index (χ4v) is 2.12. The van der Waals surface area contributed by atoms with Crippen LogP contribution in [0.3, 0.4) is 0 Å². The van der Waals surface area contributed by atoms with Crippen LogP contribution in [-0.2, 0) is 0 Å². The van der Waals surface area contributed by atoms with Crippen LogP contribution in [0.15, 0.2) is 52.7 Å². The van der Waals surface area contributed by atoms with Gasteiger partial charge in [0, 0.05) is 12.1 Å². The summed E-state index contributed by atoms with van der Waals surface area (Å²) in [7, 11) is 0. The first-order valence-corrected chi connectivity index (χ1v) is 7.34. The van der Waals surface area contributed by atoms with Gasteiger partial charge < -0.3 is 0 Å². The molecule has 114 valence electrons. The second-order valence-corrected chi connectivity index (χ2v) is 5.40. The molecule has 2 rings (SSSR count). The highest BCUT2D eigenvalue weighted by Gasteiger charge is 2.09. The van der Waals surface area contributed by atoms with Crippen LogP contribution in [0.1, 0.15) is 31.7 Å². The molecule has 0 saturated heterocycles. The van der Waals surface area contributed by atoms with Gasteiger partial charge in [0.2, 0.25) is 0 Å². The van der Waals surface area contributed by atoms with Crippen LogP contribution in [0.4, 0.5) is 17.1 Å². The zero-order chi connectivity index (χ0) is 16.1. The standard InChI is InChI=1S/C16H16ClN3O2/c1-3-11(2)12-4-6-13(7-5-12)18-19-16-9-8-14(20(21)22)10-15(16)17/h4-11H,3H2,1-2H3. The maximum Gasteiger partial charge on any atom is 0.271 e. The molecule has 0 amide bonds. The third kappa shape index (κ3) is 3.89. The average molecular weight is 318 g/mol. The van der Waals surface area contributed by atoms with E-state index in [-0.39, 0.29) is 10.7 Å². The summed E-state index contributed by atoms with van der Waals surface area (Å²) in [6.07, 6.45) is 1.08. The van der Waals surface area contributed by atoms with Crippen molar-refractivity contribution in [1.29, 1.82) is 0 Å². The molecule has 2 aromatic rings. The van der Waals surface area contributed by atoms with E-state index < -0.39 is 4.92 Å². The van der Waals surface area contributed by atoms with Gasteiger partial charge in [-0.2, -0.15) is 5.11 Å². The number of nitro benzene ring substituents is 1. The molecule has 1 unspecified atom stereocenters. The number of non-ortho nitro benzene ring substituents is 1. The summed E-state index contributed by atoms with van der Waals surface area (Å²) >= 11 is 5.97. The van der Waals surface area contributed by atoms with E-state index in [1.165, 1.54) is 23.8 Å². The van der Waals surface area contributed by atoms with Crippen molar-refractivity contribution in [3.63, 3.8) is 0 Å². The van der Waals surface area contributed by atoms with Gasteiger partial charge in [0.1, 0.15) is 5.69 Å². The van der Waals surface area contributed by atoms with Gasteiger partial charge in [-0.1, -0.05) is 37.6 Å². The topological polar surface area (TPSA) is 67.9 Å². The molecule has 0 aromatic heterocycles. The summed E-state index contributed by atoms with van der Waals surface area (Å²) in [5.74, 6) is 0.509. The minimum Gasteiger partial charge on any atom is -0.258 e. The first-order chi connectivity index (χ1) is 10.5. The molecule has 1 atom stereocenters. The van der Waals surface area contributed by atoms with E-state index in [1.807, 2.05) is 24.3 Å². The van der Waals surface area contributed by atoms with Crippen molar-refractivity contribution < 1.29 is 4.92 Å². The van der Waals surface area contributed by atoms with Crippen LogP contribution in [0, 0.1) is 10.1 Å². The summed E-state index contributed by atoms with van der Waals surface area (Å²) in [5, 5.41) is 19.0. The maximum atomic E-state index is 10.6. The molecule has 0 bridgehead atoms. The largest absolute Gasteiger partial charge is 0.271 e. The van der Waals surface area contributed by atoms with Gasteiger partial charge in [-0.25, -0.2) is 0 Å². The Bertz CT molecular complexity index is 699. The first kappa shape index (κ1) is 16.1. The number of nitro groups is 1. The number of azo groups is 1. The lowest BCUT2D eigenvalue weighted by Crippen LogP contribution is -1.89. The van der Waals surface area contributed by atoms with E-state index in [9.17, 15) is 10.1 Å². The molecule has 5 nitrogen and oxygen atoms in total. The van der Waals surface area contributed by atoms with Gasteiger partial charge in [0.05, 0.1) is 15.6 Å². The highest BCUT2D eigenvalue weighted by atomic mass is 35.5. The lowest BCUT2D eigenvalue weighted by Gasteiger charge is -2.08. The number of halogens is 1. The van der Waals surface area contributed by atoms with E-state index in [4.69, 9.17) is 11.6 Å². The van der Waals surface area contributed by atoms with Gasteiger partial charge >= 0.3 is 0 Å². The second kappa shape index (κ2) is 7.13. The van der Waals surface area contributed by atoms with E-state index in [1.54, 1.807) is 0 Å². The SMILES string of the molecule is CCC(C)c1ccc(N=Nc2ccc([N+](=O)[O-])cc2Cl)cc1. The van der Waals surface area contributed by atoms with Gasteiger partial charge in [0.25, 0.3) is 5.69 Å². The number of hydrogen-bond acceptors (Lipinski definition) is 4. The number of benzene rings is 2. The minimum absolute atomic E-state index is 0.0677. The predicted octanol–water partition coefficient (Wildman–Crippen LogP) is 6.18. The Balaban J connectivity index is 2.16. The normalized spacial score (nSPS) is 12.5. The molecule has 0 aliphatic rings. The molecule has 6 heteroatoms. The molecule has 0 aliphatic carbocycles. The molecule has 2 aromatic carbocycles. The van der Waals surface area contributed by atoms with Crippen LogP contribution in [0.5, 0.6) is 0 Å². The van der Waals surface area contributed by atoms with E-state index in [2.05, 4.69) is 24.1 Å². The number of hydrogen-bond donors (Lipinski definition) is 0. The van der Waals surface area contributed by atoms with Crippen molar-refractivity contribution in [2.24, 2.45) is 10.2 Å². The third-order valence-electron chi connectivity index (χ3n) is 3.49. The van der Waals surface area contributed by atoms with Crippen molar-refractivity contribution >= 4 is 28.7 Å². The fraction of sp³-hybridized carbons (Fsp3) is 0.250.